The Hall–Kier alpha value is -4.02. The second kappa shape index (κ2) is 9.13. The molecule has 10 nitrogen and oxygen atoms in total. The van der Waals surface area contributed by atoms with Crippen molar-refractivity contribution in [3.8, 4) is 46.0 Å². The van der Waals surface area contributed by atoms with E-state index in [1.165, 1.54) is 6.07 Å². The van der Waals surface area contributed by atoms with E-state index in [1.54, 1.807) is 12.1 Å². The molecule has 3 aromatic rings. The summed E-state index contributed by atoms with van der Waals surface area (Å²) in [6.07, 6.45) is -0.371. The molecule has 0 spiro atoms. The Morgan fingerprint density at radius 1 is 0.595 bits per heavy atom. The van der Waals surface area contributed by atoms with Gasteiger partial charge in [0.15, 0.2) is 34.5 Å². The molecule has 0 bridgehead atoms. The third-order valence-electron chi connectivity index (χ3n) is 6.89. The lowest BCUT2D eigenvalue weighted by Crippen LogP contribution is -2.26. The zero-order valence-electron chi connectivity index (χ0n) is 19.7. The van der Waals surface area contributed by atoms with Crippen LogP contribution in [0, 0.1) is 11.8 Å². The number of hydrogen-bond acceptors (Lipinski definition) is 10. The third kappa shape index (κ3) is 4.17. The first-order valence-corrected chi connectivity index (χ1v) is 12.0. The largest absolute Gasteiger partial charge is 0.508 e. The van der Waals surface area contributed by atoms with Gasteiger partial charge in [-0.25, -0.2) is 0 Å². The number of phenols is 1. The molecular weight excluding hydrogens is 484 g/mol. The van der Waals surface area contributed by atoms with Crippen molar-refractivity contribution in [3.63, 3.8) is 0 Å². The van der Waals surface area contributed by atoms with Crippen LogP contribution in [0.2, 0.25) is 0 Å². The minimum atomic E-state index is -0.339. The standard InChI is InChI=1S/C20H18O7.C7H6O3/c1-3-15-17(25-9-23-15)5-11(1)19-13-7-22-20(14(13)8-21-19)27-12-2-4-16-18(6-12)26-10-24-16;8-5-1-2-6-7(3-5)10-4-9-6/h1-6,13-14,19-20H,7-10H2;1-3,8H,4H2/t13-,14-,19+,20+;/m0./s1. The van der Waals surface area contributed by atoms with Gasteiger partial charge in [-0.1, -0.05) is 6.07 Å². The normalized spacial score (nSPS) is 25.4. The summed E-state index contributed by atoms with van der Waals surface area (Å²) in [6.45, 7) is 1.95. The molecule has 0 radical (unpaired) electrons. The van der Waals surface area contributed by atoms with E-state index in [0.717, 1.165) is 22.8 Å². The van der Waals surface area contributed by atoms with Crippen LogP contribution in [0.5, 0.6) is 46.0 Å². The Morgan fingerprint density at radius 3 is 1.95 bits per heavy atom. The van der Waals surface area contributed by atoms with E-state index in [-0.39, 0.29) is 50.4 Å². The molecule has 0 unspecified atom stereocenters. The fourth-order valence-corrected chi connectivity index (χ4v) is 5.03. The molecular formula is C27H24O10. The van der Waals surface area contributed by atoms with Crippen LogP contribution in [0.25, 0.3) is 0 Å². The number of hydrogen-bond donors (Lipinski definition) is 1. The van der Waals surface area contributed by atoms with E-state index < -0.39 is 0 Å². The van der Waals surface area contributed by atoms with Gasteiger partial charge in [0.25, 0.3) is 0 Å². The van der Waals surface area contributed by atoms with Crippen molar-refractivity contribution in [1.82, 2.24) is 0 Å². The average molecular weight is 508 g/mol. The molecule has 5 heterocycles. The molecule has 192 valence electrons. The maximum Gasteiger partial charge on any atom is 0.231 e. The highest BCUT2D eigenvalue weighted by molar-refractivity contribution is 5.48. The fourth-order valence-electron chi connectivity index (χ4n) is 5.03. The van der Waals surface area contributed by atoms with E-state index in [2.05, 4.69) is 0 Å². The van der Waals surface area contributed by atoms with Crippen molar-refractivity contribution < 1.29 is 47.7 Å². The van der Waals surface area contributed by atoms with Gasteiger partial charge in [0, 0.05) is 18.1 Å². The molecule has 0 amide bonds. The lowest BCUT2D eigenvalue weighted by Gasteiger charge is -2.18. The first-order valence-electron chi connectivity index (χ1n) is 12.0. The molecule has 37 heavy (non-hydrogen) atoms. The van der Waals surface area contributed by atoms with Crippen molar-refractivity contribution >= 4 is 0 Å². The number of ether oxygens (including phenoxy) is 9. The van der Waals surface area contributed by atoms with Crippen molar-refractivity contribution in [2.45, 2.75) is 12.4 Å². The van der Waals surface area contributed by atoms with Gasteiger partial charge in [-0.15, -0.1) is 0 Å². The molecule has 0 saturated carbocycles. The van der Waals surface area contributed by atoms with Crippen molar-refractivity contribution in [2.24, 2.45) is 11.8 Å². The predicted octanol–water partition coefficient (Wildman–Crippen LogP) is 4.00. The molecule has 3 aromatic carbocycles. The Morgan fingerprint density at radius 2 is 1.19 bits per heavy atom. The van der Waals surface area contributed by atoms with Crippen LogP contribution >= 0.6 is 0 Å². The zero-order valence-corrected chi connectivity index (χ0v) is 19.7. The smallest absolute Gasteiger partial charge is 0.231 e. The summed E-state index contributed by atoms with van der Waals surface area (Å²) in [6, 6.07) is 16.3. The van der Waals surface area contributed by atoms with Gasteiger partial charge in [-0.3, -0.25) is 0 Å². The van der Waals surface area contributed by atoms with Gasteiger partial charge in [0.1, 0.15) is 11.5 Å². The van der Waals surface area contributed by atoms with Gasteiger partial charge in [0.2, 0.25) is 26.7 Å². The fraction of sp³-hybridized carbons (Fsp3) is 0.333. The second-order valence-electron chi connectivity index (χ2n) is 9.07. The van der Waals surface area contributed by atoms with Crippen LogP contribution in [0.3, 0.4) is 0 Å². The number of fused-ring (bicyclic) bond motifs is 4. The lowest BCUT2D eigenvalue weighted by atomic mass is 9.89. The Kier molecular flexibility index (Phi) is 5.48. The summed E-state index contributed by atoms with van der Waals surface area (Å²) in [7, 11) is 0. The van der Waals surface area contributed by atoms with E-state index >= 15 is 0 Å². The summed E-state index contributed by atoms with van der Waals surface area (Å²) in [4.78, 5) is 0. The minimum absolute atomic E-state index is 0.0325. The number of aromatic hydroxyl groups is 1. The topological polar surface area (TPSA) is 103 Å². The van der Waals surface area contributed by atoms with Crippen molar-refractivity contribution in [1.29, 1.82) is 0 Å². The number of rotatable bonds is 3. The molecule has 0 aromatic heterocycles. The highest BCUT2D eigenvalue weighted by Crippen LogP contribution is 2.47. The Balaban J connectivity index is 0.000000194. The van der Waals surface area contributed by atoms with E-state index in [1.807, 2.05) is 36.4 Å². The Labute approximate surface area is 212 Å². The zero-order chi connectivity index (χ0) is 24.8. The first-order chi connectivity index (χ1) is 18.2. The van der Waals surface area contributed by atoms with Crippen molar-refractivity contribution in [2.75, 3.05) is 33.6 Å². The van der Waals surface area contributed by atoms with E-state index in [9.17, 15) is 0 Å². The summed E-state index contributed by atoms with van der Waals surface area (Å²) < 4.78 is 49.8. The van der Waals surface area contributed by atoms with Gasteiger partial charge >= 0.3 is 0 Å². The average Bonchev–Trinajstić information content (AvgIpc) is 3.73. The minimum Gasteiger partial charge on any atom is -0.508 e. The Bertz CT molecular complexity index is 1310. The highest BCUT2D eigenvalue weighted by Gasteiger charge is 2.49. The molecule has 0 aliphatic carbocycles. The third-order valence-corrected chi connectivity index (χ3v) is 6.89. The maximum absolute atomic E-state index is 8.96. The molecule has 1 N–H and O–H groups in total. The predicted molar refractivity (Wildman–Crippen MR) is 125 cm³/mol. The molecule has 4 atom stereocenters. The van der Waals surface area contributed by atoms with Crippen LogP contribution in [0.4, 0.5) is 0 Å². The summed E-state index contributed by atoms with van der Waals surface area (Å²) in [5.74, 6) is 5.60. The second-order valence-corrected chi connectivity index (χ2v) is 9.07. The molecule has 5 aliphatic heterocycles. The molecule has 2 fully saturated rings. The molecule has 8 rings (SSSR count). The lowest BCUT2D eigenvalue weighted by molar-refractivity contribution is -0.0788. The SMILES string of the molecule is Oc1ccc2c(c1)OCO2.c1cc2c(cc1O[C@H]1OC[C@H]3[C@@H]1CO[C@@H]3c1ccc3c(c1)OCO3)OCO2. The van der Waals surface area contributed by atoms with E-state index in [0.29, 0.717) is 36.2 Å². The van der Waals surface area contributed by atoms with Crippen LogP contribution in [-0.4, -0.2) is 45.0 Å². The van der Waals surface area contributed by atoms with E-state index in [4.69, 9.17) is 47.7 Å². The van der Waals surface area contributed by atoms with Gasteiger partial charge in [0.05, 0.1) is 25.2 Å². The quantitative estimate of drug-likeness (QED) is 0.558. The highest BCUT2D eigenvalue weighted by atomic mass is 16.7. The maximum atomic E-state index is 8.96. The van der Waals surface area contributed by atoms with Gasteiger partial charge < -0.3 is 47.7 Å². The molecule has 10 heteroatoms. The number of phenolic OH excluding ortho intramolecular Hbond substituents is 1. The van der Waals surface area contributed by atoms with Crippen LogP contribution < -0.4 is 33.2 Å². The molecule has 2 saturated heterocycles. The summed E-state index contributed by atoms with van der Waals surface area (Å²) in [5, 5.41) is 8.96. The van der Waals surface area contributed by atoms with Crippen LogP contribution in [0.1, 0.15) is 11.7 Å². The number of benzene rings is 3. The van der Waals surface area contributed by atoms with Gasteiger partial charge in [-0.05, 0) is 42.0 Å². The van der Waals surface area contributed by atoms with Crippen LogP contribution in [0.15, 0.2) is 54.6 Å². The van der Waals surface area contributed by atoms with Crippen molar-refractivity contribution in [3.05, 3.63) is 60.2 Å². The molecule has 5 aliphatic rings. The first kappa shape index (κ1) is 22.2. The monoisotopic (exact) mass is 508 g/mol. The van der Waals surface area contributed by atoms with Crippen LogP contribution in [-0.2, 0) is 9.47 Å². The summed E-state index contributed by atoms with van der Waals surface area (Å²) in [5.41, 5.74) is 1.08. The van der Waals surface area contributed by atoms with Gasteiger partial charge in [-0.2, -0.15) is 0 Å². The summed E-state index contributed by atoms with van der Waals surface area (Å²) >= 11 is 0.